The molecule has 1 rings (SSSR count). The van der Waals surface area contributed by atoms with Crippen LogP contribution >= 0.6 is 0 Å². The van der Waals surface area contributed by atoms with E-state index in [0.29, 0.717) is 18.1 Å². The van der Waals surface area contributed by atoms with Gasteiger partial charge in [0, 0.05) is 6.04 Å². The molecule has 2 atom stereocenters. The van der Waals surface area contributed by atoms with Crippen LogP contribution in [0.15, 0.2) is 18.2 Å². The Labute approximate surface area is 115 Å². The molecule has 4 nitrogen and oxygen atoms in total. The van der Waals surface area contributed by atoms with Gasteiger partial charge in [0.2, 0.25) is 0 Å². The largest absolute Gasteiger partial charge is 0.490 e. The molecular formula is C15H22N2O2. The molecule has 0 saturated carbocycles. The van der Waals surface area contributed by atoms with Crippen molar-refractivity contribution in [1.29, 1.82) is 5.26 Å². The molecule has 0 aliphatic rings. The van der Waals surface area contributed by atoms with E-state index in [4.69, 9.17) is 20.5 Å². The first-order valence-electron chi connectivity index (χ1n) is 6.68. The third kappa shape index (κ3) is 4.80. The molecule has 0 aliphatic heterocycles. The molecule has 0 aromatic heterocycles. The maximum absolute atomic E-state index is 8.79. The molecule has 0 radical (unpaired) electrons. The van der Waals surface area contributed by atoms with Gasteiger partial charge in [-0.15, -0.1) is 0 Å². The van der Waals surface area contributed by atoms with Gasteiger partial charge in [0.1, 0.15) is 6.07 Å². The van der Waals surface area contributed by atoms with Crippen molar-refractivity contribution in [1.82, 2.24) is 0 Å². The van der Waals surface area contributed by atoms with E-state index in [-0.39, 0.29) is 6.04 Å². The quantitative estimate of drug-likeness (QED) is 0.820. The summed E-state index contributed by atoms with van der Waals surface area (Å²) in [7, 11) is 0. The summed E-state index contributed by atoms with van der Waals surface area (Å²) < 4.78 is 11.1. The van der Waals surface area contributed by atoms with E-state index < -0.39 is 6.10 Å². The van der Waals surface area contributed by atoms with Gasteiger partial charge < -0.3 is 15.2 Å². The van der Waals surface area contributed by atoms with Crippen LogP contribution in [-0.2, 0) is 6.42 Å². The number of hydrogen-bond acceptors (Lipinski definition) is 4. The van der Waals surface area contributed by atoms with Crippen LogP contribution in [0.4, 0.5) is 0 Å². The van der Waals surface area contributed by atoms with Crippen molar-refractivity contribution >= 4 is 0 Å². The Hall–Kier alpha value is -1.73. The third-order valence-electron chi connectivity index (χ3n) is 2.82. The van der Waals surface area contributed by atoms with Gasteiger partial charge in [0.25, 0.3) is 0 Å². The Morgan fingerprint density at radius 1 is 1.32 bits per heavy atom. The van der Waals surface area contributed by atoms with E-state index in [1.54, 1.807) is 6.92 Å². The number of benzene rings is 1. The average Bonchev–Trinajstić information content (AvgIpc) is 2.41. The number of ether oxygens (including phenoxy) is 2. The number of nitrogens with zero attached hydrogens (tertiary/aromatic N) is 1. The molecule has 0 amide bonds. The minimum atomic E-state index is -0.497. The molecule has 0 fully saturated rings. The van der Waals surface area contributed by atoms with Crippen molar-refractivity contribution in [2.24, 2.45) is 5.73 Å². The average molecular weight is 262 g/mol. The van der Waals surface area contributed by atoms with Crippen LogP contribution in [0.1, 0.15) is 32.8 Å². The smallest absolute Gasteiger partial charge is 0.181 e. The topological polar surface area (TPSA) is 68.3 Å². The van der Waals surface area contributed by atoms with Gasteiger partial charge in [0.05, 0.1) is 6.61 Å². The van der Waals surface area contributed by atoms with E-state index in [2.05, 4.69) is 6.92 Å². The highest BCUT2D eigenvalue weighted by Crippen LogP contribution is 2.29. The second-order valence-electron chi connectivity index (χ2n) is 4.48. The highest BCUT2D eigenvalue weighted by atomic mass is 16.5. The van der Waals surface area contributed by atoms with Crippen molar-refractivity contribution in [3.63, 3.8) is 0 Å². The predicted octanol–water partition coefficient (Wildman–Crippen LogP) is 2.66. The van der Waals surface area contributed by atoms with Crippen molar-refractivity contribution in [2.75, 3.05) is 6.61 Å². The molecule has 1 aromatic carbocycles. The summed E-state index contributed by atoms with van der Waals surface area (Å²) in [5.41, 5.74) is 7.07. The van der Waals surface area contributed by atoms with Crippen molar-refractivity contribution in [3.8, 4) is 17.6 Å². The van der Waals surface area contributed by atoms with Gasteiger partial charge in [-0.25, -0.2) is 0 Å². The van der Waals surface area contributed by atoms with Crippen LogP contribution in [0.25, 0.3) is 0 Å². The molecule has 2 unspecified atom stereocenters. The van der Waals surface area contributed by atoms with Gasteiger partial charge in [-0.3, -0.25) is 0 Å². The zero-order valence-corrected chi connectivity index (χ0v) is 11.8. The van der Waals surface area contributed by atoms with Gasteiger partial charge in [-0.05, 0) is 44.4 Å². The van der Waals surface area contributed by atoms with Crippen LogP contribution in [-0.4, -0.2) is 18.8 Å². The zero-order valence-electron chi connectivity index (χ0n) is 11.8. The monoisotopic (exact) mass is 262 g/mol. The number of nitriles is 1. The normalized spacial score (nSPS) is 13.4. The van der Waals surface area contributed by atoms with Gasteiger partial charge in [-0.2, -0.15) is 5.26 Å². The maximum Gasteiger partial charge on any atom is 0.181 e. The van der Waals surface area contributed by atoms with Crippen molar-refractivity contribution in [3.05, 3.63) is 23.8 Å². The van der Waals surface area contributed by atoms with Crippen LogP contribution < -0.4 is 15.2 Å². The Kier molecular flexibility index (Phi) is 6.17. The Morgan fingerprint density at radius 2 is 2.05 bits per heavy atom. The van der Waals surface area contributed by atoms with Crippen LogP contribution in [0, 0.1) is 11.3 Å². The standard InChI is InChI=1S/C15H22N2O2/c1-4-13(17)8-12-6-7-14(19-11(3)10-16)15(9-12)18-5-2/h6-7,9,11,13H,4-5,8,17H2,1-3H3. The Balaban J connectivity index is 2.91. The van der Waals surface area contributed by atoms with E-state index in [9.17, 15) is 0 Å². The molecule has 0 aliphatic carbocycles. The van der Waals surface area contributed by atoms with E-state index >= 15 is 0 Å². The molecule has 0 heterocycles. The Morgan fingerprint density at radius 3 is 2.63 bits per heavy atom. The lowest BCUT2D eigenvalue weighted by atomic mass is 10.0. The first-order valence-corrected chi connectivity index (χ1v) is 6.68. The SMILES string of the molecule is CCOc1cc(CC(N)CC)ccc1OC(C)C#N. The van der Waals surface area contributed by atoms with Gasteiger partial charge in [-0.1, -0.05) is 13.0 Å². The second-order valence-corrected chi connectivity index (χ2v) is 4.48. The third-order valence-corrected chi connectivity index (χ3v) is 2.82. The summed E-state index contributed by atoms with van der Waals surface area (Å²) in [6.07, 6.45) is 1.25. The lowest BCUT2D eigenvalue weighted by Crippen LogP contribution is -2.21. The second kappa shape index (κ2) is 7.65. The summed E-state index contributed by atoms with van der Waals surface area (Å²) in [6.45, 7) is 6.25. The zero-order chi connectivity index (χ0) is 14.3. The van der Waals surface area contributed by atoms with Crippen LogP contribution in [0.3, 0.4) is 0 Å². The van der Waals surface area contributed by atoms with Gasteiger partial charge in [0.15, 0.2) is 17.6 Å². The first kappa shape index (κ1) is 15.3. The molecular weight excluding hydrogens is 240 g/mol. The maximum atomic E-state index is 8.79. The highest BCUT2D eigenvalue weighted by Gasteiger charge is 2.11. The summed E-state index contributed by atoms with van der Waals surface area (Å²) in [4.78, 5) is 0. The van der Waals surface area contributed by atoms with E-state index in [1.165, 1.54) is 0 Å². The fourth-order valence-electron chi connectivity index (χ4n) is 1.71. The fourth-order valence-corrected chi connectivity index (χ4v) is 1.71. The minimum Gasteiger partial charge on any atom is -0.490 e. The summed E-state index contributed by atoms with van der Waals surface area (Å²) in [6, 6.07) is 7.95. The Bertz CT molecular complexity index is 440. The molecule has 0 saturated heterocycles. The molecule has 0 spiro atoms. The van der Waals surface area contributed by atoms with E-state index in [1.807, 2.05) is 31.2 Å². The molecule has 104 valence electrons. The molecule has 19 heavy (non-hydrogen) atoms. The highest BCUT2D eigenvalue weighted by molar-refractivity contribution is 5.43. The lowest BCUT2D eigenvalue weighted by Gasteiger charge is -2.15. The molecule has 1 aromatic rings. The van der Waals surface area contributed by atoms with E-state index in [0.717, 1.165) is 18.4 Å². The summed E-state index contributed by atoms with van der Waals surface area (Å²) >= 11 is 0. The molecule has 0 bridgehead atoms. The summed E-state index contributed by atoms with van der Waals surface area (Å²) in [5.74, 6) is 1.27. The number of rotatable bonds is 7. The molecule has 4 heteroatoms. The summed E-state index contributed by atoms with van der Waals surface area (Å²) in [5, 5.41) is 8.79. The minimum absolute atomic E-state index is 0.152. The van der Waals surface area contributed by atoms with Gasteiger partial charge >= 0.3 is 0 Å². The predicted molar refractivity (Wildman–Crippen MR) is 75.3 cm³/mol. The van der Waals surface area contributed by atoms with Crippen LogP contribution in [0.2, 0.25) is 0 Å². The fraction of sp³-hybridized carbons (Fsp3) is 0.533. The van der Waals surface area contributed by atoms with Crippen molar-refractivity contribution in [2.45, 2.75) is 45.8 Å². The number of nitrogens with two attached hydrogens (primary N) is 1. The van der Waals surface area contributed by atoms with Crippen LogP contribution in [0.5, 0.6) is 11.5 Å². The number of hydrogen-bond donors (Lipinski definition) is 1. The molecule has 2 N–H and O–H groups in total. The first-order chi connectivity index (χ1) is 9.10. The lowest BCUT2D eigenvalue weighted by molar-refractivity contribution is 0.249. The van der Waals surface area contributed by atoms with Crippen molar-refractivity contribution < 1.29 is 9.47 Å².